The van der Waals surface area contributed by atoms with Gasteiger partial charge in [-0.05, 0) is 24.3 Å². The van der Waals surface area contributed by atoms with Crippen LogP contribution in [0.3, 0.4) is 0 Å². The van der Waals surface area contributed by atoms with Gasteiger partial charge in [-0.1, -0.05) is 47.7 Å². The molecular weight excluding hydrogens is 384 g/mol. The van der Waals surface area contributed by atoms with E-state index in [1.807, 2.05) is 12.1 Å². The summed E-state index contributed by atoms with van der Waals surface area (Å²) in [5, 5.41) is 0. The Morgan fingerprint density at radius 2 is 1.67 bits per heavy atom. The fourth-order valence-electron chi connectivity index (χ4n) is 2.84. The fraction of sp³-hybridized carbons (Fsp3) is 0. The van der Waals surface area contributed by atoms with Crippen molar-refractivity contribution in [2.24, 2.45) is 0 Å². The molecule has 0 saturated carbocycles. The summed E-state index contributed by atoms with van der Waals surface area (Å²) in [5.74, 6) is 0.883. The average Bonchev–Trinajstić information content (AvgIpc) is 3.31. The highest BCUT2D eigenvalue weighted by molar-refractivity contribution is 8.93. The van der Waals surface area contributed by atoms with Crippen LogP contribution in [0.1, 0.15) is 0 Å². The van der Waals surface area contributed by atoms with Crippen molar-refractivity contribution >= 4 is 43.5 Å². The molecule has 2 aromatic carbocycles. The molecule has 5 aromatic rings. The molecule has 0 radical (unpaired) electrons. The molecule has 5 heteroatoms. The third-order valence-electron chi connectivity index (χ3n) is 3.99. The van der Waals surface area contributed by atoms with Crippen LogP contribution in [0.4, 0.5) is 0 Å². The molecule has 0 aliphatic carbocycles. The molecule has 5 rings (SSSR count). The standard InChI is InChI=1S/C19H12N2OS.BrH/c1-2-6-18-16(4-1)21-12-15(20-19(21)23-18)13-7-9-14(10-8-13)17-5-3-11-22-17;/h1-12H;1H. The van der Waals surface area contributed by atoms with Gasteiger partial charge in [-0.2, -0.15) is 0 Å². The minimum Gasteiger partial charge on any atom is -0.464 e. The molecule has 0 fully saturated rings. The zero-order valence-electron chi connectivity index (χ0n) is 12.5. The van der Waals surface area contributed by atoms with Crippen LogP contribution in [0.15, 0.2) is 77.5 Å². The van der Waals surface area contributed by atoms with Gasteiger partial charge in [0.05, 0.1) is 22.2 Å². The molecule has 0 N–H and O–H groups in total. The Hall–Kier alpha value is -2.37. The van der Waals surface area contributed by atoms with Gasteiger partial charge >= 0.3 is 0 Å². The highest BCUT2D eigenvalue weighted by Crippen LogP contribution is 2.30. The van der Waals surface area contributed by atoms with E-state index in [2.05, 4.69) is 59.1 Å². The molecule has 118 valence electrons. The number of thiazole rings is 1. The van der Waals surface area contributed by atoms with Gasteiger partial charge in [-0.15, -0.1) is 17.0 Å². The Labute approximate surface area is 153 Å². The normalized spacial score (nSPS) is 11.0. The number of aromatic nitrogens is 2. The number of hydrogen-bond acceptors (Lipinski definition) is 3. The second kappa shape index (κ2) is 5.92. The van der Waals surface area contributed by atoms with Crippen LogP contribution in [0.25, 0.3) is 37.8 Å². The largest absolute Gasteiger partial charge is 0.464 e. The highest BCUT2D eigenvalue weighted by Gasteiger charge is 2.10. The molecule has 0 spiro atoms. The lowest BCUT2D eigenvalue weighted by Gasteiger charge is -1.99. The van der Waals surface area contributed by atoms with E-state index in [0.29, 0.717) is 0 Å². The first-order valence-electron chi connectivity index (χ1n) is 7.39. The van der Waals surface area contributed by atoms with Gasteiger partial charge in [0.25, 0.3) is 0 Å². The molecule has 0 bridgehead atoms. The first-order valence-corrected chi connectivity index (χ1v) is 8.21. The Morgan fingerprint density at radius 3 is 2.46 bits per heavy atom. The van der Waals surface area contributed by atoms with Crippen molar-refractivity contribution in [2.45, 2.75) is 0 Å². The van der Waals surface area contributed by atoms with Crippen molar-refractivity contribution in [1.29, 1.82) is 0 Å². The predicted octanol–water partition coefficient (Wildman–Crippen LogP) is 6.05. The van der Waals surface area contributed by atoms with Crippen LogP contribution in [0, 0.1) is 0 Å². The van der Waals surface area contributed by atoms with E-state index in [0.717, 1.165) is 27.5 Å². The summed E-state index contributed by atoms with van der Waals surface area (Å²) in [5.41, 5.74) is 4.39. The smallest absolute Gasteiger partial charge is 0.195 e. The number of imidazole rings is 1. The summed E-state index contributed by atoms with van der Waals surface area (Å²) in [4.78, 5) is 5.80. The van der Waals surface area contributed by atoms with Crippen molar-refractivity contribution in [2.75, 3.05) is 0 Å². The third-order valence-corrected chi connectivity index (χ3v) is 5.02. The Balaban J connectivity index is 0.00000146. The Kier molecular flexibility index (Phi) is 3.75. The second-order valence-corrected chi connectivity index (χ2v) is 6.41. The quantitative estimate of drug-likeness (QED) is 0.363. The van der Waals surface area contributed by atoms with Crippen LogP contribution < -0.4 is 0 Å². The zero-order chi connectivity index (χ0) is 15.2. The van der Waals surface area contributed by atoms with Crippen molar-refractivity contribution < 1.29 is 4.42 Å². The van der Waals surface area contributed by atoms with Gasteiger partial charge in [-0.3, -0.25) is 4.40 Å². The van der Waals surface area contributed by atoms with Gasteiger partial charge in [0.1, 0.15) is 5.76 Å². The van der Waals surface area contributed by atoms with Gasteiger partial charge in [0, 0.05) is 17.3 Å². The third kappa shape index (κ3) is 2.37. The maximum Gasteiger partial charge on any atom is 0.195 e. The summed E-state index contributed by atoms with van der Waals surface area (Å²) in [6.07, 6.45) is 3.80. The van der Waals surface area contributed by atoms with Gasteiger partial charge in [-0.25, -0.2) is 4.98 Å². The van der Waals surface area contributed by atoms with Crippen LogP contribution in [0.2, 0.25) is 0 Å². The van der Waals surface area contributed by atoms with E-state index in [1.165, 1.54) is 10.2 Å². The number of nitrogens with zero attached hydrogens (tertiary/aromatic N) is 2. The van der Waals surface area contributed by atoms with Crippen molar-refractivity contribution in [1.82, 2.24) is 9.38 Å². The molecule has 3 nitrogen and oxygen atoms in total. The summed E-state index contributed by atoms with van der Waals surface area (Å²) in [7, 11) is 0. The highest BCUT2D eigenvalue weighted by atomic mass is 79.9. The molecule has 0 aliphatic heterocycles. The average molecular weight is 397 g/mol. The number of furan rings is 1. The van der Waals surface area contributed by atoms with E-state index < -0.39 is 0 Å². The number of rotatable bonds is 2. The van der Waals surface area contributed by atoms with E-state index in [-0.39, 0.29) is 17.0 Å². The lowest BCUT2D eigenvalue weighted by molar-refractivity contribution is 0.582. The van der Waals surface area contributed by atoms with E-state index >= 15 is 0 Å². The SMILES string of the molecule is Br.c1coc(-c2ccc(-c3cn4c(n3)sc3ccccc34)cc2)c1. The molecule has 0 unspecified atom stereocenters. The summed E-state index contributed by atoms with van der Waals surface area (Å²) in [6.45, 7) is 0. The van der Waals surface area contributed by atoms with Crippen LogP contribution in [-0.4, -0.2) is 9.38 Å². The number of hydrogen-bond donors (Lipinski definition) is 0. The maximum atomic E-state index is 5.43. The van der Waals surface area contributed by atoms with Gasteiger partial charge in [0.15, 0.2) is 4.96 Å². The fourth-order valence-corrected chi connectivity index (χ4v) is 3.84. The first kappa shape index (κ1) is 15.2. The van der Waals surface area contributed by atoms with Gasteiger partial charge in [0.2, 0.25) is 0 Å². The number of halogens is 1. The number of para-hydroxylation sites is 1. The Bertz CT molecular complexity index is 1110. The van der Waals surface area contributed by atoms with Gasteiger partial charge < -0.3 is 4.42 Å². The van der Waals surface area contributed by atoms with E-state index in [1.54, 1.807) is 17.6 Å². The molecule has 0 atom stereocenters. The molecule has 0 saturated heterocycles. The molecule has 3 aromatic heterocycles. The van der Waals surface area contributed by atoms with E-state index in [4.69, 9.17) is 9.40 Å². The summed E-state index contributed by atoms with van der Waals surface area (Å²) < 4.78 is 8.85. The molecule has 0 aliphatic rings. The van der Waals surface area contributed by atoms with Crippen molar-refractivity contribution in [3.05, 3.63) is 73.1 Å². The summed E-state index contributed by atoms with van der Waals surface area (Å²) in [6, 6.07) is 20.6. The molecule has 0 amide bonds. The molecule has 24 heavy (non-hydrogen) atoms. The minimum absolute atomic E-state index is 0. The van der Waals surface area contributed by atoms with Crippen LogP contribution in [0.5, 0.6) is 0 Å². The topological polar surface area (TPSA) is 30.4 Å². The molecule has 3 heterocycles. The summed E-state index contributed by atoms with van der Waals surface area (Å²) >= 11 is 1.72. The second-order valence-electron chi connectivity index (χ2n) is 5.40. The number of benzene rings is 2. The predicted molar refractivity (Wildman–Crippen MR) is 104 cm³/mol. The van der Waals surface area contributed by atoms with E-state index in [9.17, 15) is 0 Å². The zero-order valence-corrected chi connectivity index (χ0v) is 15.1. The monoisotopic (exact) mass is 396 g/mol. The Morgan fingerprint density at radius 1 is 0.875 bits per heavy atom. The number of fused-ring (bicyclic) bond motifs is 3. The van der Waals surface area contributed by atoms with Crippen molar-refractivity contribution in [3.8, 4) is 22.6 Å². The van der Waals surface area contributed by atoms with Crippen LogP contribution in [-0.2, 0) is 0 Å². The van der Waals surface area contributed by atoms with Crippen molar-refractivity contribution in [3.63, 3.8) is 0 Å². The maximum absolute atomic E-state index is 5.43. The molecular formula is C19H13BrN2OS. The minimum atomic E-state index is 0. The first-order chi connectivity index (χ1) is 11.4. The lowest BCUT2D eigenvalue weighted by atomic mass is 10.1. The lowest BCUT2D eigenvalue weighted by Crippen LogP contribution is -1.79. The van der Waals surface area contributed by atoms with Crippen LogP contribution >= 0.6 is 28.3 Å².